The first-order chi connectivity index (χ1) is 26.5. The van der Waals surface area contributed by atoms with Crippen LogP contribution in [0.15, 0.2) is 48.6 Å². The maximum absolute atomic E-state index is 14.5. The van der Waals surface area contributed by atoms with Crippen LogP contribution in [0.1, 0.15) is 71.4 Å². The molecule has 2 aromatic rings. The first-order valence-corrected chi connectivity index (χ1v) is 22.7. The Morgan fingerprint density at radius 3 is 1.84 bits per heavy atom. The van der Waals surface area contributed by atoms with E-state index in [1.807, 2.05) is 17.9 Å². The van der Waals surface area contributed by atoms with Crippen molar-refractivity contribution in [1.29, 1.82) is 0 Å². The van der Waals surface area contributed by atoms with Gasteiger partial charge in [0.15, 0.2) is 23.0 Å². The van der Waals surface area contributed by atoms with Crippen LogP contribution in [0.25, 0.3) is 0 Å². The van der Waals surface area contributed by atoms with Crippen molar-refractivity contribution in [3.05, 3.63) is 70.8 Å². The smallest absolute Gasteiger partial charge is 0.270 e. The second kappa shape index (κ2) is 16.6. The van der Waals surface area contributed by atoms with Gasteiger partial charge in [-0.2, -0.15) is 8.42 Å². The summed E-state index contributed by atoms with van der Waals surface area (Å²) in [5, 5.41) is 1.54. The molecule has 0 bridgehead atoms. The van der Waals surface area contributed by atoms with Crippen molar-refractivity contribution in [2.24, 2.45) is 5.92 Å². The van der Waals surface area contributed by atoms with Crippen molar-refractivity contribution in [2.75, 3.05) is 59.1 Å². The Hall–Kier alpha value is -4.33. The van der Waals surface area contributed by atoms with Crippen molar-refractivity contribution in [1.82, 2.24) is 15.1 Å². The normalized spacial score (nSPS) is 22.9. The van der Waals surface area contributed by atoms with E-state index in [0.717, 1.165) is 17.6 Å². The molecule has 16 heteroatoms. The fraction of sp³-hybridized carbons (Fsp3) is 0.525. The lowest BCUT2D eigenvalue weighted by atomic mass is 9.91. The first-order valence-electron chi connectivity index (χ1n) is 19.0. The molecule has 56 heavy (non-hydrogen) atoms. The van der Waals surface area contributed by atoms with Crippen LogP contribution in [0.5, 0.6) is 23.0 Å². The number of carbonyl (C=O) groups excluding carboxylic acids is 3. The summed E-state index contributed by atoms with van der Waals surface area (Å²) in [6, 6.07) is 5.89. The topological polar surface area (TPSA) is 178 Å². The molecule has 304 valence electrons. The number of ether oxygens (including phenoxy) is 4. The summed E-state index contributed by atoms with van der Waals surface area (Å²) >= 11 is 0. The highest BCUT2D eigenvalue weighted by Crippen LogP contribution is 2.46. The van der Waals surface area contributed by atoms with E-state index in [0.29, 0.717) is 47.6 Å². The van der Waals surface area contributed by atoms with Gasteiger partial charge in [-0.3, -0.25) is 18.9 Å². The molecule has 2 aromatic carbocycles. The van der Waals surface area contributed by atoms with Gasteiger partial charge in [-0.25, -0.2) is 0 Å². The average Bonchev–Trinajstić information content (AvgIpc) is 3.69. The fourth-order valence-corrected chi connectivity index (χ4v) is 11.2. The summed E-state index contributed by atoms with van der Waals surface area (Å²) in [6.07, 6.45) is 2.52. The first kappa shape index (κ1) is 41.3. The van der Waals surface area contributed by atoms with Crippen LogP contribution in [0, 0.1) is 5.92 Å². The molecule has 4 heterocycles. The Labute approximate surface area is 328 Å². The highest BCUT2D eigenvalue weighted by molar-refractivity contribution is 7.86. The molecule has 3 amide bonds. The zero-order valence-corrected chi connectivity index (χ0v) is 34.2. The quantitative estimate of drug-likeness (QED) is 0.141. The number of carbonyl (C=O) groups is 3. The van der Waals surface area contributed by atoms with E-state index >= 15 is 0 Å². The number of benzene rings is 2. The molecule has 4 aliphatic rings. The number of hydrogen-bond donors (Lipinski definition) is 2. The van der Waals surface area contributed by atoms with Crippen molar-refractivity contribution in [3.63, 3.8) is 0 Å². The second-order valence-electron chi connectivity index (χ2n) is 15.4. The number of amides is 3. The van der Waals surface area contributed by atoms with Gasteiger partial charge in [0.25, 0.3) is 21.9 Å². The van der Waals surface area contributed by atoms with Crippen molar-refractivity contribution in [3.8, 4) is 23.0 Å². The average molecular weight is 814 g/mol. The van der Waals surface area contributed by atoms with Crippen LogP contribution >= 0.6 is 7.14 Å². The minimum absolute atomic E-state index is 0.0273. The van der Waals surface area contributed by atoms with Gasteiger partial charge in [0.1, 0.15) is 12.4 Å². The maximum Gasteiger partial charge on any atom is 0.270 e. The van der Waals surface area contributed by atoms with Gasteiger partial charge in [0, 0.05) is 49.0 Å². The largest absolute Gasteiger partial charge is 0.493 e. The molecule has 4 aliphatic heterocycles. The third kappa shape index (κ3) is 8.64. The molecule has 2 saturated heterocycles. The van der Waals surface area contributed by atoms with Crippen LogP contribution in [-0.2, 0) is 32.3 Å². The molecular weight excluding hydrogens is 761 g/mol. The molecule has 2 fully saturated rings. The van der Waals surface area contributed by atoms with Gasteiger partial charge in [-0.1, -0.05) is 38.2 Å². The molecule has 6 rings (SSSR count). The van der Waals surface area contributed by atoms with E-state index in [9.17, 15) is 31.9 Å². The van der Waals surface area contributed by atoms with Crippen LogP contribution in [0.4, 0.5) is 0 Å². The Balaban J connectivity index is 1.18. The van der Waals surface area contributed by atoms with Gasteiger partial charge in [0.05, 0.1) is 39.8 Å². The summed E-state index contributed by atoms with van der Waals surface area (Å²) in [5.74, 6) is 0.755. The predicted octanol–water partition coefficient (Wildman–Crippen LogP) is 4.94. The van der Waals surface area contributed by atoms with E-state index in [1.165, 1.54) is 31.3 Å². The van der Waals surface area contributed by atoms with E-state index in [4.69, 9.17) is 18.9 Å². The lowest BCUT2D eigenvalue weighted by Gasteiger charge is -2.26. The molecular formula is C40H52N3O11PS. The van der Waals surface area contributed by atoms with E-state index < -0.39 is 34.5 Å². The monoisotopic (exact) mass is 813 g/mol. The van der Waals surface area contributed by atoms with Crippen LogP contribution in [-0.4, -0.2) is 117 Å². The number of hydrogen-bond acceptors (Lipinski definition) is 10. The Morgan fingerprint density at radius 2 is 1.34 bits per heavy atom. The number of nitrogens with one attached hydrogen (secondary N) is 1. The SMILES string of the molecule is C=C1C[C@H]2C(C)Cc3cc(OCCP(=O)(CCOc4cc5c(cc4OC)C(=O)N4CC(=C)C[C@H]4C(S(=O)(=O)O)C5)CNC(=O)CCC)c(OC)cc3C(=O)N2C1. The lowest BCUT2D eigenvalue weighted by molar-refractivity contribution is -0.120. The van der Waals surface area contributed by atoms with Crippen molar-refractivity contribution < 1.29 is 50.9 Å². The summed E-state index contributed by atoms with van der Waals surface area (Å²) < 4.78 is 73.3. The molecule has 0 aliphatic carbocycles. The number of nitrogens with zero attached hydrogens (tertiary/aromatic N) is 2. The van der Waals surface area contributed by atoms with Crippen LogP contribution in [0.3, 0.4) is 0 Å². The Morgan fingerprint density at radius 1 is 0.839 bits per heavy atom. The number of rotatable bonds is 15. The predicted molar refractivity (Wildman–Crippen MR) is 211 cm³/mol. The minimum Gasteiger partial charge on any atom is -0.493 e. The zero-order chi connectivity index (χ0) is 40.5. The highest BCUT2D eigenvalue weighted by Gasteiger charge is 2.46. The van der Waals surface area contributed by atoms with E-state index in [1.54, 1.807) is 6.07 Å². The number of fused-ring (bicyclic) bond motifs is 4. The number of methoxy groups -OCH3 is 2. The Kier molecular flexibility index (Phi) is 12.3. The van der Waals surface area contributed by atoms with Crippen molar-refractivity contribution >= 4 is 35.0 Å². The minimum atomic E-state index is -4.54. The maximum atomic E-state index is 14.5. The molecule has 0 saturated carbocycles. The van der Waals surface area contributed by atoms with Gasteiger partial charge >= 0.3 is 0 Å². The summed E-state index contributed by atoms with van der Waals surface area (Å²) in [4.78, 5) is 43.0. The van der Waals surface area contributed by atoms with E-state index in [-0.39, 0.29) is 98.5 Å². The van der Waals surface area contributed by atoms with Gasteiger partial charge in [-0.15, -0.1) is 0 Å². The molecule has 0 spiro atoms. The second-order valence-corrected chi connectivity index (χ2v) is 20.3. The van der Waals surface area contributed by atoms with Crippen LogP contribution < -0.4 is 24.3 Å². The molecule has 14 nitrogen and oxygen atoms in total. The third-order valence-corrected chi connectivity index (χ3v) is 15.3. The van der Waals surface area contributed by atoms with Gasteiger partial charge < -0.3 is 38.6 Å². The molecule has 2 N–H and O–H groups in total. The summed E-state index contributed by atoms with van der Waals surface area (Å²) in [5.41, 5.74) is 3.77. The standard InChI is InChI=1S/C40H52N3O11PS/c1-7-8-38(44)41-23-55(47,11-9-53-35-16-27-15-26(4)31-13-24(2)21-42(31)39(45)29(27)19-33(35)51-5)12-10-54-36-17-28-18-37(56(48,49)50)32-14-25(3)22-43(32)40(46)30(28)20-34(36)52-6/h16-17,19-20,26,31-32,37H,2-3,7-15,18,21-23H2,1,4-6H3,(H,41,44)(H,48,49,50)/t26?,31-,32-,37?,55?/m0/s1. The summed E-state index contributed by atoms with van der Waals surface area (Å²) in [7, 11) is -4.82. The van der Waals surface area contributed by atoms with Crippen LogP contribution in [0.2, 0.25) is 0 Å². The molecule has 0 aromatic heterocycles. The third-order valence-electron chi connectivity index (χ3n) is 11.3. The molecule has 3 unspecified atom stereocenters. The zero-order valence-electron chi connectivity index (χ0n) is 32.5. The fourth-order valence-electron chi connectivity index (χ4n) is 8.34. The Bertz CT molecular complexity index is 2090. The summed E-state index contributed by atoms with van der Waals surface area (Å²) in [6.45, 7) is 12.7. The van der Waals surface area contributed by atoms with Crippen molar-refractivity contribution in [2.45, 2.75) is 69.7 Å². The molecule has 5 atom stereocenters. The van der Waals surface area contributed by atoms with E-state index in [2.05, 4.69) is 25.4 Å². The molecule has 0 radical (unpaired) electrons. The highest BCUT2D eigenvalue weighted by atomic mass is 32.2. The lowest BCUT2D eigenvalue weighted by Crippen LogP contribution is -2.44. The van der Waals surface area contributed by atoms with Gasteiger partial charge in [0.2, 0.25) is 5.91 Å². The van der Waals surface area contributed by atoms with Gasteiger partial charge in [-0.05, 0) is 73.4 Å².